The van der Waals surface area contributed by atoms with E-state index in [0.29, 0.717) is 0 Å². The van der Waals surface area contributed by atoms with Gasteiger partial charge in [-0.15, -0.1) is 0 Å². The molecule has 0 aromatic heterocycles. The van der Waals surface area contributed by atoms with E-state index in [9.17, 15) is 0 Å². The zero-order valence-corrected chi connectivity index (χ0v) is 8.47. The second-order valence-corrected chi connectivity index (χ2v) is 3.40. The molecule has 0 aliphatic heterocycles. The molecule has 0 saturated heterocycles. The van der Waals surface area contributed by atoms with Gasteiger partial charge in [-0.3, -0.25) is 0 Å². The first kappa shape index (κ1) is 10.1. The van der Waals surface area contributed by atoms with Gasteiger partial charge in [0.2, 0.25) is 0 Å². The molecule has 1 aliphatic rings. The van der Waals surface area contributed by atoms with Crippen molar-refractivity contribution in [2.24, 2.45) is 0 Å². The number of allylic oxidation sites excluding steroid dienone is 4. The van der Waals surface area contributed by atoms with Crippen LogP contribution in [-0.4, -0.2) is 0 Å². The Balaban J connectivity index is 2.39. The van der Waals surface area contributed by atoms with E-state index in [1.54, 1.807) is 0 Å². The Morgan fingerprint density at radius 3 is 3.15 bits per heavy atom. The first-order chi connectivity index (χ1) is 6.43. The first-order valence-corrected chi connectivity index (χ1v) is 5.29. The maximum absolute atomic E-state index is 3.22. The highest BCUT2D eigenvalue weighted by atomic mass is 14.0. The van der Waals surface area contributed by atoms with E-state index in [-0.39, 0.29) is 0 Å². The number of hydrogen-bond acceptors (Lipinski definition) is 0. The lowest BCUT2D eigenvalue weighted by atomic mass is 10.2. The van der Waals surface area contributed by atoms with Crippen molar-refractivity contribution in [2.75, 3.05) is 0 Å². The Labute approximate surface area is 81.7 Å². The molecule has 0 heteroatoms. The largest absolute Gasteiger partial charge is 0.0979 e. The number of unbranched alkanes of at least 4 members (excludes halogenated alkanes) is 2. The van der Waals surface area contributed by atoms with Crippen molar-refractivity contribution in [3.8, 4) is 11.8 Å². The summed E-state index contributed by atoms with van der Waals surface area (Å²) in [6, 6.07) is 0. The summed E-state index contributed by atoms with van der Waals surface area (Å²) in [6.45, 7) is 2.20. The van der Waals surface area contributed by atoms with Crippen molar-refractivity contribution in [2.45, 2.75) is 45.4 Å². The minimum absolute atomic E-state index is 1.04. The topological polar surface area (TPSA) is 0 Å². The van der Waals surface area contributed by atoms with E-state index in [0.717, 1.165) is 6.42 Å². The minimum atomic E-state index is 1.04. The van der Waals surface area contributed by atoms with Crippen LogP contribution in [0, 0.1) is 11.8 Å². The Morgan fingerprint density at radius 2 is 2.31 bits per heavy atom. The highest BCUT2D eigenvalue weighted by molar-refractivity contribution is 5.38. The second-order valence-electron chi connectivity index (χ2n) is 3.40. The van der Waals surface area contributed by atoms with Crippen molar-refractivity contribution in [1.82, 2.24) is 0 Å². The predicted molar refractivity (Wildman–Crippen MR) is 58.4 cm³/mol. The van der Waals surface area contributed by atoms with E-state index < -0.39 is 0 Å². The molecule has 0 unspecified atom stereocenters. The molecule has 0 aromatic carbocycles. The summed E-state index contributed by atoms with van der Waals surface area (Å²) < 4.78 is 0. The fourth-order valence-electron chi connectivity index (χ4n) is 1.29. The van der Waals surface area contributed by atoms with Crippen LogP contribution < -0.4 is 0 Å². The molecule has 1 aliphatic carbocycles. The van der Waals surface area contributed by atoms with Gasteiger partial charge in [-0.2, -0.15) is 0 Å². The van der Waals surface area contributed by atoms with Crippen molar-refractivity contribution >= 4 is 0 Å². The van der Waals surface area contributed by atoms with E-state index in [1.807, 2.05) is 0 Å². The van der Waals surface area contributed by atoms with Crippen molar-refractivity contribution in [3.05, 3.63) is 23.8 Å². The maximum atomic E-state index is 3.22. The lowest BCUT2D eigenvalue weighted by Gasteiger charge is -1.87. The monoisotopic (exact) mass is 174 g/mol. The molecule has 0 saturated carbocycles. The van der Waals surface area contributed by atoms with Gasteiger partial charge < -0.3 is 0 Å². The van der Waals surface area contributed by atoms with Gasteiger partial charge in [0.1, 0.15) is 0 Å². The van der Waals surface area contributed by atoms with E-state index >= 15 is 0 Å². The van der Waals surface area contributed by atoms with Gasteiger partial charge in [0.25, 0.3) is 0 Å². The van der Waals surface area contributed by atoms with Crippen LogP contribution in [0.15, 0.2) is 23.8 Å². The van der Waals surface area contributed by atoms with E-state index in [2.05, 4.69) is 37.0 Å². The average molecular weight is 174 g/mol. The number of rotatable bonds is 2. The van der Waals surface area contributed by atoms with Gasteiger partial charge in [0, 0.05) is 12.0 Å². The van der Waals surface area contributed by atoms with Crippen LogP contribution in [0.3, 0.4) is 0 Å². The smallest absolute Gasteiger partial charge is 0.0202 e. The first-order valence-electron chi connectivity index (χ1n) is 5.29. The molecule has 70 valence electrons. The Bertz CT molecular complexity index is 245. The molecule has 0 fully saturated rings. The molecule has 0 bridgehead atoms. The zero-order valence-electron chi connectivity index (χ0n) is 8.47. The average Bonchev–Trinajstić information content (AvgIpc) is 2.41. The van der Waals surface area contributed by atoms with Crippen LogP contribution >= 0.6 is 0 Å². The lowest BCUT2D eigenvalue weighted by molar-refractivity contribution is 0.828. The van der Waals surface area contributed by atoms with Gasteiger partial charge in [-0.05, 0) is 25.7 Å². The predicted octanol–water partition coefficient (Wildman–Crippen LogP) is 3.85. The molecular formula is C13H18. The van der Waals surface area contributed by atoms with Crippen LogP contribution in [0.25, 0.3) is 0 Å². The van der Waals surface area contributed by atoms with Crippen molar-refractivity contribution in [3.63, 3.8) is 0 Å². The molecule has 0 heterocycles. The molecule has 0 nitrogen and oxygen atoms in total. The molecule has 0 aromatic rings. The Morgan fingerprint density at radius 1 is 1.38 bits per heavy atom. The minimum Gasteiger partial charge on any atom is -0.0979 e. The normalized spacial score (nSPS) is 15.6. The van der Waals surface area contributed by atoms with Crippen LogP contribution in [0.1, 0.15) is 45.4 Å². The van der Waals surface area contributed by atoms with Crippen LogP contribution in [0.5, 0.6) is 0 Å². The highest BCUT2D eigenvalue weighted by Crippen LogP contribution is 2.09. The summed E-state index contributed by atoms with van der Waals surface area (Å²) in [5.74, 6) is 6.43. The fourth-order valence-corrected chi connectivity index (χ4v) is 1.29. The molecule has 13 heavy (non-hydrogen) atoms. The van der Waals surface area contributed by atoms with Crippen molar-refractivity contribution < 1.29 is 0 Å². The fraction of sp³-hybridized carbons (Fsp3) is 0.538. The lowest BCUT2D eigenvalue weighted by Crippen LogP contribution is -1.72. The summed E-state index contributed by atoms with van der Waals surface area (Å²) in [6.07, 6.45) is 13.8. The van der Waals surface area contributed by atoms with Gasteiger partial charge in [0.05, 0.1) is 0 Å². The summed E-state index contributed by atoms with van der Waals surface area (Å²) in [7, 11) is 0. The third-order valence-electron chi connectivity index (χ3n) is 2.12. The van der Waals surface area contributed by atoms with Crippen LogP contribution in [-0.2, 0) is 0 Å². The molecule has 0 amide bonds. The molecular weight excluding hydrogens is 156 g/mol. The summed E-state index contributed by atoms with van der Waals surface area (Å²) in [4.78, 5) is 0. The summed E-state index contributed by atoms with van der Waals surface area (Å²) in [5, 5.41) is 0. The maximum Gasteiger partial charge on any atom is 0.0202 e. The summed E-state index contributed by atoms with van der Waals surface area (Å²) >= 11 is 0. The van der Waals surface area contributed by atoms with Crippen molar-refractivity contribution in [1.29, 1.82) is 0 Å². The molecule has 0 N–H and O–H groups in total. The van der Waals surface area contributed by atoms with E-state index in [1.165, 1.54) is 37.7 Å². The molecule has 1 rings (SSSR count). The second kappa shape index (κ2) is 6.54. The van der Waals surface area contributed by atoms with Crippen LogP contribution in [0.2, 0.25) is 0 Å². The zero-order chi connectivity index (χ0) is 9.36. The number of hydrogen-bond donors (Lipinski definition) is 0. The summed E-state index contributed by atoms with van der Waals surface area (Å²) in [5.41, 5.74) is 1.22. The van der Waals surface area contributed by atoms with Gasteiger partial charge >= 0.3 is 0 Å². The third kappa shape index (κ3) is 4.58. The third-order valence-corrected chi connectivity index (χ3v) is 2.12. The van der Waals surface area contributed by atoms with Crippen LogP contribution in [0.4, 0.5) is 0 Å². The SMILES string of the molecule is CCCCC#CC1=CCCCC=C1. The molecule has 0 radical (unpaired) electrons. The van der Waals surface area contributed by atoms with Gasteiger partial charge in [-0.25, -0.2) is 0 Å². The Kier molecular flexibility index (Phi) is 5.10. The standard InChI is InChI=1S/C13H18/c1-2-3-4-7-10-13-11-8-5-6-9-12-13/h8,11-12H,2-6,9H2,1H3. The van der Waals surface area contributed by atoms with E-state index in [4.69, 9.17) is 0 Å². The quantitative estimate of drug-likeness (QED) is 0.440. The molecule has 0 spiro atoms. The van der Waals surface area contributed by atoms with Gasteiger partial charge in [-0.1, -0.05) is 43.4 Å². The highest BCUT2D eigenvalue weighted by Gasteiger charge is 1.91. The molecule has 0 atom stereocenters. The Hall–Kier alpha value is -0.960. The van der Waals surface area contributed by atoms with Gasteiger partial charge in [0.15, 0.2) is 0 Å².